The Labute approximate surface area is 122 Å². The molecule has 0 atom stereocenters. The molecule has 104 valence electrons. The van der Waals surface area contributed by atoms with Crippen LogP contribution in [0, 0.1) is 6.92 Å². The van der Waals surface area contributed by atoms with Crippen LogP contribution in [0.15, 0.2) is 55.0 Å². The van der Waals surface area contributed by atoms with Crippen molar-refractivity contribution < 1.29 is 4.74 Å². The minimum atomic E-state index is 0.454. The van der Waals surface area contributed by atoms with Crippen molar-refractivity contribution >= 4 is 5.69 Å². The van der Waals surface area contributed by atoms with Crippen LogP contribution in [0.4, 0.5) is 5.69 Å². The van der Waals surface area contributed by atoms with E-state index in [0.717, 1.165) is 11.3 Å². The van der Waals surface area contributed by atoms with Gasteiger partial charge in [0, 0.05) is 12.3 Å². The SMILES string of the molecule is Cc1cccc(Oc2cc(-c3ncccc3N)ncn2)c1. The predicted molar refractivity (Wildman–Crippen MR) is 80.9 cm³/mol. The molecule has 0 saturated carbocycles. The Morgan fingerprint density at radius 1 is 1.00 bits per heavy atom. The third kappa shape index (κ3) is 2.97. The van der Waals surface area contributed by atoms with Crippen molar-refractivity contribution in [1.29, 1.82) is 0 Å². The van der Waals surface area contributed by atoms with Crippen molar-refractivity contribution in [2.24, 2.45) is 0 Å². The molecule has 2 aromatic heterocycles. The molecule has 0 aliphatic carbocycles. The third-order valence-corrected chi connectivity index (χ3v) is 2.94. The van der Waals surface area contributed by atoms with Gasteiger partial charge in [-0.05, 0) is 36.8 Å². The second-order valence-corrected chi connectivity index (χ2v) is 4.60. The highest BCUT2D eigenvalue weighted by molar-refractivity contribution is 5.69. The minimum absolute atomic E-state index is 0.454. The minimum Gasteiger partial charge on any atom is -0.439 e. The van der Waals surface area contributed by atoms with Crippen molar-refractivity contribution in [3.8, 4) is 23.0 Å². The number of rotatable bonds is 3. The lowest BCUT2D eigenvalue weighted by Crippen LogP contribution is -1.96. The van der Waals surface area contributed by atoms with Crippen LogP contribution in [0.25, 0.3) is 11.4 Å². The van der Waals surface area contributed by atoms with Crippen LogP contribution in [0.1, 0.15) is 5.56 Å². The van der Waals surface area contributed by atoms with E-state index in [9.17, 15) is 0 Å². The molecular weight excluding hydrogens is 264 g/mol. The monoisotopic (exact) mass is 278 g/mol. The van der Waals surface area contributed by atoms with E-state index in [1.54, 1.807) is 24.4 Å². The average molecular weight is 278 g/mol. The molecular formula is C16H14N4O. The van der Waals surface area contributed by atoms with Gasteiger partial charge < -0.3 is 10.5 Å². The Kier molecular flexibility index (Phi) is 3.47. The van der Waals surface area contributed by atoms with Crippen LogP contribution in [-0.2, 0) is 0 Å². The summed E-state index contributed by atoms with van der Waals surface area (Å²) in [6.07, 6.45) is 3.11. The number of aryl methyl sites for hydroxylation is 1. The molecule has 0 aliphatic heterocycles. The molecule has 0 aliphatic rings. The molecule has 0 radical (unpaired) electrons. The Morgan fingerprint density at radius 3 is 2.71 bits per heavy atom. The molecule has 0 fully saturated rings. The number of nitrogens with two attached hydrogens (primary N) is 1. The number of benzene rings is 1. The molecule has 0 saturated heterocycles. The van der Waals surface area contributed by atoms with Gasteiger partial charge in [-0.2, -0.15) is 0 Å². The first-order valence-electron chi connectivity index (χ1n) is 6.50. The van der Waals surface area contributed by atoms with E-state index in [1.165, 1.54) is 6.33 Å². The topological polar surface area (TPSA) is 73.9 Å². The molecule has 5 heteroatoms. The van der Waals surface area contributed by atoms with E-state index in [2.05, 4.69) is 15.0 Å². The fourth-order valence-electron chi connectivity index (χ4n) is 1.96. The van der Waals surface area contributed by atoms with Crippen molar-refractivity contribution in [3.05, 3.63) is 60.6 Å². The van der Waals surface area contributed by atoms with Gasteiger partial charge in [0.05, 0.1) is 11.4 Å². The summed E-state index contributed by atoms with van der Waals surface area (Å²) in [5.74, 6) is 1.18. The highest BCUT2D eigenvalue weighted by atomic mass is 16.5. The fourth-order valence-corrected chi connectivity index (χ4v) is 1.96. The third-order valence-electron chi connectivity index (χ3n) is 2.94. The number of anilines is 1. The van der Waals surface area contributed by atoms with Crippen LogP contribution in [0.5, 0.6) is 11.6 Å². The lowest BCUT2D eigenvalue weighted by Gasteiger charge is -2.07. The van der Waals surface area contributed by atoms with Gasteiger partial charge >= 0.3 is 0 Å². The summed E-state index contributed by atoms with van der Waals surface area (Å²) in [7, 11) is 0. The van der Waals surface area contributed by atoms with Crippen LogP contribution in [-0.4, -0.2) is 15.0 Å². The van der Waals surface area contributed by atoms with Crippen LogP contribution in [0.3, 0.4) is 0 Å². The molecule has 3 rings (SSSR count). The first-order valence-corrected chi connectivity index (χ1v) is 6.50. The van der Waals surface area contributed by atoms with E-state index in [1.807, 2.05) is 31.2 Å². The molecule has 0 bridgehead atoms. The zero-order valence-electron chi connectivity index (χ0n) is 11.5. The van der Waals surface area contributed by atoms with E-state index < -0.39 is 0 Å². The van der Waals surface area contributed by atoms with Gasteiger partial charge in [-0.15, -0.1) is 0 Å². The van der Waals surface area contributed by atoms with Crippen LogP contribution in [0.2, 0.25) is 0 Å². The highest BCUT2D eigenvalue weighted by Gasteiger charge is 2.08. The summed E-state index contributed by atoms with van der Waals surface area (Å²) in [5, 5.41) is 0. The summed E-state index contributed by atoms with van der Waals surface area (Å²) >= 11 is 0. The summed E-state index contributed by atoms with van der Waals surface area (Å²) in [6, 6.07) is 13.0. The molecule has 0 unspecified atom stereocenters. The first-order chi connectivity index (χ1) is 10.2. The van der Waals surface area contributed by atoms with Crippen molar-refractivity contribution in [3.63, 3.8) is 0 Å². The quantitative estimate of drug-likeness (QED) is 0.796. The van der Waals surface area contributed by atoms with Gasteiger partial charge in [-0.1, -0.05) is 12.1 Å². The number of hydrogen-bond acceptors (Lipinski definition) is 5. The van der Waals surface area contributed by atoms with Crippen molar-refractivity contribution in [2.75, 3.05) is 5.73 Å². The van der Waals surface area contributed by atoms with Crippen LogP contribution >= 0.6 is 0 Å². The molecule has 21 heavy (non-hydrogen) atoms. The van der Waals surface area contributed by atoms with E-state index in [4.69, 9.17) is 10.5 Å². The smallest absolute Gasteiger partial charge is 0.222 e. The number of pyridine rings is 1. The Hall–Kier alpha value is -2.95. The number of nitrogens with zero attached hydrogens (tertiary/aromatic N) is 3. The van der Waals surface area contributed by atoms with Crippen molar-refractivity contribution in [2.45, 2.75) is 6.92 Å². The number of hydrogen-bond donors (Lipinski definition) is 1. The zero-order chi connectivity index (χ0) is 14.7. The second kappa shape index (κ2) is 5.58. The van der Waals surface area contributed by atoms with E-state index in [-0.39, 0.29) is 0 Å². The fraction of sp³-hybridized carbons (Fsp3) is 0.0625. The number of nitrogen functional groups attached to an aromatic ring is 1. The molecule has 2 heterocycles. The summed E-state index contributed by atoms with van der Waals surface area (Å²) in [6.45, 7) is 2.01. The van der Waals surface area contributed by atoms with Gasteiger partial charge in [-0.3, -0.25) is 4.98 Å². The second-order valence-electron chi connectivity index (χ2n) is 4.60. The maximum absolute atomic E-state index is 5.91. The van der Waals surface area contributed by atoms with Gasteiger partial charge in [0.2, 0.25) is 5.88 Å². The normalized spacial score (nSPS) is 10.3. The number of ether oxygens (including phenoxy) is 1. The first kappa shape index (κ1) is 13.1. The molecule has 0 amide bonds. The Balaban J connectivity index is 1.92. The Morgan fingerprint density at radius 2 is 1.90 bits per heavy atom. The molecule has 5 nitrogen and oxygen atoms in total. The molecule has 2 N–H and O–H groups in total. The summed E-state index contributed by atoms with van der Waals surface area (Å²) in [5.41, 5.74) is 8.85. The van der Waals surface area contributed by atoms with E-state index in [0.29, 0.717) is 23.0 Å². The summed E-state index contributed by atoms with van der Waals surface area (Å²) in [4.78, 5) is 12.6. The zero-order valence-corrected chi connectivity index (χ0v) is 11.5. The highest BCUT2D eigenvalue weighted by Crippen LogP contribution is 2.25. The predicted octanol–water partition coefficient (Wildman–Crippen LogP) is 3.22. The molecule has 1 aromatic carbocycles. The van der Waals surface area contributed by atoms with Crippen LogP contribution < -0.4 is 10.5 Å². The average Bonchev–Trinajstić information content (AvgIpc) is 2.48. The van der Waals surface area contributed by atoms with Gasteiger partial charge in [-0.25, -0.2) is 9.97 Å². The lowest BCUT2D eigenvalue weighted by molar-refractivity contribution is 0.461. The number of aromatic nitrogens is 3. The maximum Gasteiger partial charge on any atom is 0.222 e. The van der Waals surface area contributed by atoms with Gasteiger partial charge in [0.25, 0.3) is 0 Å². The Bertz CT molecular complexity index is 773. The summed E-state index contributed by atoms with van der Waals surface area (Å²) < 4.78 is 5.74. The largest absolute Gasteiger partial charge is 0.439 e. The standard InChI is InChI=1S/C16H14N4O/c1-11-4-2-5-12(8-11)21-15-9-14(19-10-20-15)16-13(17)6-3-7-18-16/h2-10H,17H2,1H3. The van der Waals surface area contributed by atoms with Gasteiger partial charge in [0.1, 0.15) is 17.8 Å². The molecule has 0 spiro atoms. The van der Waals surface area contributed by atoms with E-state index >= 15 is 0 Å². The maximum atomic E-state index is 5.91. The van der Waals surface area contributed by atoms with Crippen molar-refractivity contribution in [1.82, 2.24) is 15.0 Å². The van der Waals surface area contributed by atoms with Gasteiger partial charge in [0.15, 0.2) is 0 Å². The lowest BCUT2D eigenvalue weighted by atomic mass is 10.2. The molecule has 3 aromatic rings.